The minimum atomic E-state index is -2.96. The smallest absolute Gasteiger partial charge is 0.387 e. The summed E-state index contributed by atoms with van der Waals surface area (Å²) in [4.78, 5) is 34.3. The summed E-state index contributed by atoms with van der Waals surface area (Å²) >= 11 is 4.94. The summed E-state index contributed by atoms with van der Waals surface area (Å²) in [6.45, 7) is 3.14. The Bertz CT molecular complexity index is 1170. The Balaban J connectivity index is 0.000000840. The SMILES string of the molecule is CCCC(=O)Cl.CCCC(=O)Nc1ccc(CN2N=C(c3ccc(OC(F)F)c(OC)c3)C(CC)CC2=O)cc1. The zero-order valence-corrected chi connectivity index (χ0v) is 24.0. The van der Waals surface area contributed by atoms with E-state index in [-0.39, 0.29) is 47.4 Å². The Morgan fingerprint density at radius 1 is 1.07 bits per heavy atom. The van der Waals surface area contributed by atoms with Gasteiger partial charge in [0.2, 0.25) is 17.1 Å². The second-order valence-corrected chi connectivity index (χ2v) is 9.51. The highest BCUT2D eigenvalue weighted by molar-refractivity contribution is 6.63. The van der Waals surface area contributed by atoms with Crippen LogP contribution in [-0.4, -0.2) is 41.5 Å². The van der Waals surface area contributed by atoms with E-state index in [1.165, 1.54) is 18.2 Å². The zero-order valence-electron chi connectivity index (χ0n) is 23.2. The number of hydrazone groups is 1. The molecule has 0 saturated carbocycles. The standard InChI is InChI=1S/C25H29F2N3O4.C4H7ClO/c1-4-6-22(31)28-19-10-7-16(8-11-19)15-30-23(32)14-17(5-2)24(29-30)18-9-12-20(34-25(26)27)21(13-18)33-3;1-2-3-4(5)6/h7-13,17,25H,4-6,14-15H2,1-3H3,(H,28,31);2-3H2,1H3. The van der Waals surface area contributed by atoms with Crippen LogP contribution >= 0.6 is 11.6 Å². The van der Waals surface area contributed by atoms with Gasteiger partial charge in [-0.2, -0.15) is 13.9 Å². The molecule has 2 aromatic carbocycles. The molecule has 1 aliphatic heterocycles. The van der Waals surface area contributed by atoms with Crippen LogP contribution in [0.15, 0.2) is 47.6 Å². The molecule has 0 bridgehead atoms. The lowest BCUT2D eigenvalue weighted by molar-refractivity contribution is -0.133. The number of anilines is 1. The zero-order chi connectivity index (χ0) is 29.7. The summed E-state index contributed by atoms with van der Waals surface area (Å²) in [6, 6.07) is 11.9. The predicted molar refractivity (Wildman–Crippen MR) is 151 cm³/mol. The molecule has 8 nitrogen and oxygen atoms in total. The lowest BCUT2D eigenvalue weighted by atomic mass is 9.89. The highest BCUT2D eigenvalue weighted by Crippen LogP contribution is 2.33. The Kier molecular flexibility index (Phi) is 13.5. The molecule has 1 atom stereocenters. The Morgan fingerprint density at radius 2 is 1.75 bits per heavy atom. The molecule has 1 N–H and O–H groups in total. The van der Waals surface area contributed by atoms with Crippen LogP contribution in [-0.2, 0) is 20.9 Å². The Labute approximate surface area is 238 Å². The molecule has 40 heavy (non-hydrogen) atoms. The largest absolute Gasteiger partial charge is 0.493 e. The number of alkyl halides is 2. The van der Waals surface area contributed by atoms with Crippen LogP contribution in [0.5, 0.6) is 11.5 Å². The van der Waals surface area contributed by atoms with Crippen LogP contribution in [0.1, 0.15) is 70.4 Å². The molecule has 218 valence electrons. The number of ether oxygens (including phenoxy) is 2. The van der Waals surface area contributed by atoms with Crippen molar-refractivity contribution in [1.29, 1.82) is 0 Å². The fraction of sp³-hybridized carbons (Fsp3) is 0.448. The van der Waals surface area contributed by atoms with Crippen LogP contribution in [0.2, 0.25) is 0 Å². The number of methoxy groups -OCH3 is 1. The number of hydrogen-bond donors (Lipinski definition) is 1. The van der Waals surface area contributed by atoms with E-state index in [2.05, 4.69) is 15.2 Å². The molecule has 2 aromatic rings. The van der Waals surface area contributed by atoms with Crippen LogP contribution in [0.25, 0.3) is 0 Å². The van der Waals surface area contributed by atoms with Gasteiger partial charge in [0.1, 0.15) is 0 Å². The van der Waals surface area contributed by atoms with Gasteiger partial charge in [-0.15, -0.1) is 0 Å². The first-order valence-electron chi connectivity index (χ1n) is 13.2. The molecule has 11 heteroatoms. The lowest BCUT2D eigenvalue weighted by Crippen LogP contribution is -2.36. The topological polar surface area (TPSA) is 97.3 Å². The average molecular weight is 580 g/mol. The van der Waals surface area contributed by atoms with Crippen molar-refractivity contribution in [2.45, 2.75) is 72.5 Å². The number of nitrogens with one attached hydrogen (secondary N) is 1. The molecular formula is C29H36ClF2N3O5. The minimum Gasteiger partial charge on any atom is -0.493 e. The third-order valence-corrected chi connectivity index (χ3v) is 6.17. The van der Waals surface area contributed by atoms with Crippen molar-refractivity contribution in [2.24, 2.45) is 11.0 Å². The molecule has 0 spiro atoms. The van der Waals surface area contributed by atoms with E-state index in [1.54, 1.807) is 24.3 Å². The molecule has 1 aliphatic rings. The van der Waals surface area contributed by atoms with Crippen LogP contribution in [0.4, 0.5) is 14.5 Å². The van der Waals surface area contributed by atoms with Gasteiger partial charge in [0.25, 0.3) is 0 Å². The molecule has 1 unspecified atom stereocenters. The summed E-state index contributed by atoms with van der Waals surface area (Å²) in [7, 11) is 1.38. The van der Waals surface area contributed by atoms with Gasteiger partial charge < -0.3 is 14.8 Å². The van der Waals surface area contributed by atoms with Gasteiger partial charge in [0.15, 0.2) is 11.5 Å². The highest BCUT2D eigenvalue weighted by Gasteiger charge is 2.30. The molecule has 0 radical (unpaired) electrons. The lowest BCUT2D eigenvalue weighted by Gasteiger charge is -2.29. The number of halogens is 3. The number of amides is 2. The van der Waals surface area contributed by atoms with Gasteiger partial charge in [-0.3, -0.25) is 14.4 Å². The minimum absolute atomic E-state index is 0.0401. The van der Waals surface area contributed by atoms with Crippen molar-refractivity contribution in [2.75, 3.05) is 12.4 Å². The second-order valence-electron chi connectivity index (χ2n) is 9.09. The molecule has 1 heterocycles. The average Bonchev–Trinajstić information content (AvgIpc) is 2.91. The van der Waals surface area contributed by atoms with Crippen molar-refractivity contribution in [3.63, 3.8) is 0 Å². The molecule has 3 rings (SSSR count). The maximum absolute atomic E-state index is 12.8. The maximum atomic E-state index is 12.8. The van der Waals surface area contributed by atoms with Crippen LogP contribution < -0.4 is 14.8 Å². The molecular weight excluding hydrogens is 544 g/mol. The van der Waals surface area contributed by atoms with Gasteiger partial charge >= 0.3 is 6.61 Å². The number of carbonyl (C=O) groups is 3. The fourth-order valence-electron chi connectivity index (χ4n) is 3.97. The fourth-order valence-corrected chi connectivity index (χ4v) is 4.16. The van der Waals surface area contributed by atoms with Crippen molar-refractivity contribution < 1.29 is 32.6 Å². The summed E-state index contributed by atoms with van der Waals surface area (Å²) in [6.07, 6.45) is 3.57. The van der Waals surface area contributed by atoms with Crippen molar-refractivity contribution >= 4 is 40.1 Å². The first kappa shape index (κ1) is 32.7. The number of rotatable bonds is 12. The van der Waals surface area contributed by atoms with Gasteiger partial charge in [-0.1, -0.05) is 32.9 Å². The first-order chi connectivity index (χ1) is 19.1. The van der Waals surface area contributed by atoms with E-state index in [9.17, 15) is 23.2 Å². The van der Waals surface area contributed by atoms with Gasteiger partial charge in [0, 0.05) is 36.4 Å². The summed E-state index contributed by atoms with van der Waals surface area (Å²) < 4.78 is 35.1. The molecule has 0 aromatic heterocycles. The van der Waals surface area contributed by atoms with Crippen molar-refractivity contribution in [3.8, 4) is 11.5 Å². The highest BCUT2D eigenvalue weighted by atomic mass is 35.5. The first-order valence-corrected chi connectivity index (χ1v) is 13.6. The van der Waals surface area contributed by atoms with Gasteiger partial charge in [0.05, 0.1) is 19.4 Å². The van der Waals surface area contributed by atoms with Gasteiger partial charge in [-0.05, 0) is 66.8 Å². The number of hydrogen-bond acceptors (Lipinski definition) is 6. The van der Waals surface area contributed by atoms with E-state index >= 15 is 0 Å². The number of carbonyl (C=O) groups excluding carboxylic acids is 3. The van der Waals surface area contributed by atoms with E-state index < -0.39 is 6.61 Å². The quantitative estimate of drug-likeness (QED) is 0.281. The normalized spacial score (nSPS) is 14.7. The predicted octanol–water partition coefficient (Wildman–Crippen LogP) is 6.75. The van der Waals surface area contributed by atoms with E-state index in [4.69, 9.17) is 16.3 Å². The van der Waals surface area contributed by atoms with E-state index in [0.717, 1.165) is 18.4 Å². The second kappa shape index (κ2) is 16.5. The molecule has 2 amide bonds. The number of benzene rings is 2. The summed E-state index contributed by atoms with van der Waals surface area (Å²) in [5.41, 5.74) is 2.92. The van der Waals surface area contributed by atoms with Crippen LogP contribution in [0.3, 0.4) is 0 Å². The van der Waals surface area contributed by atoms with Crippen molar-refractivity contribution in [3.05, 3.63) is 53.6 Å². The molecule has 0 fully saturated rings. The van der Waals surface area contributed by atoms with Crippen molar-refractivity contribution in [1.82, 2.24) is 5.01 Å². The Morgan fingerprint density at radius 3 is 2.27 bits per heavy atom. The van der Waals surface area contributed by atoms with E-state index in [0.29, 0.717) is 36.2 Å². The summed E-state index contributed by atoms with van der Waals surface area (Å²) in [5.74, 6) is -0.141. The third kappa shape index (κ3) is 10.2. The number of nitrogens with zero attached hydrogens (tertiary/aromatic N) is 2. The van der Waals surface area contributed by atoms with Crippen LogP contribution in [0, 0.1) is 5.92 Å². The molecule has 0 saturated heterocycles. The van der Waals surface area contributed by atoms with Gasteiger partial charge in [-0.25, -0.2) is 5.01 Å². The molecule has 0 aliphatic carbocycles. The maximum Gasteiger partial charge on any atom is 0.387 e. The van der Waals surface area contributed by atoms with E-state index in [1.807, 2.05) is 32.9 Å². The summed E-state index contributed by atoms with van der Waals surface area (Å²) in [5, 5.41) is 8.64. The Hall–Kier alpha value is -3.53. The third-order valence-electron chi connectivity index (χ3n) is 5.99. The monoisotopic (exact) mass is 579 g/mol.